The first-order valence-electron chi connectivity index (χ1n) is 6.17. The molecule has 16 heavy (non-hydrogen) atoms. The summed E-state index contributed by atoms with van der Waals surface area (Å²) in [6.07, 6.45) is 3.86. The number of nitrogens with zero attached hydrogens (tertiary/aromatic N) is 2. The Balaban J connectivity index is 2.40. The maximum absolute atomic E-state index is 11.7. The SMILES string of the molecule is CCCC(=O)N1CCCC(CN=C(C)N)C1. The topological polar surface area (TPSA) is 58.7 Å². The minimum atomic E-state index is 0.292. The van der Waals surface area contributed by atoms with E-state index in [0.29, 0.717) is 24.1 Å². The van der Waals surface area contributed by atoms with Gasteiger partial charge in [-0.3, -0.25) is 9.79 Å². The summed E-state index contributed by atoms with van der Waals surface area (Å²) in [6.45, 7) is 6.39. The Kier molecular flexibility index (Phi) is 5.29. The van der Waals surface area contributed by atoms with Crippen LogP contribution in [0.25, 0.3) is 0 Å². The summed E-state index contributed by atoms with van der Waals surface area (Å²) in [7, 11) is 0. The lowest BCUT2D eigenvalue weighted by molar-refractivity contribution is -0.132. The third-order valence-corrected chi connectivity index (χ3v) is 2.93. The Morgan fingerprint density at radius 1 is 1.56 bits per heavy atom. The van der Waals surface area contributed by atoms with Crippen molar-refractivity contribution in [2.24, 2.45) is 16.6 Å². The van der Waals surface area contributed by atoms with Crippen molar-refractivity contribution in [3.8, 4) is 0 Å². The van der Waals surface area contributed by atoms with Gasteiger partial charge in [0.25, 0.3) is 0 Å². The molecule has 1 atom stereocenters. The second-order valence-electron chi connectivity index (χ2n) is 4.58. The zero-order valence-corrected chi connectivity index (χ0v) is 10.4. The average Bonchev–Trinajstić information content (AvgIpc) is 2.27. The normalized spacial score (nSPS) is 22.2. The van der Waals surface area contributed by atoms with E-state index in [4.69, 9.17) is 5.73 Å². The molecule has 1 rings (SSSR count). The lowest BCUT2D eigenvalue weighted by Gasteiger charge is -2.32. The van der Waals surface area contributed by atoms with Crippen molar-refractivity contribution in [2.45, 2.75) is 39.5 Å². The van der Waals surface area contributed by atoms with Gasteiger partial charge in [-0.1, -0.05) is 6.92 Å². The van der Waals surface area contributed by atoms with Crippen molar-refractivity contribution in [3.63, 3.8) is 0 Å². The number of carbonyl (C=O) groups excluding carboxylic acids is 1. The molecule has 0 spiro atoms. The van der Waals surface area contributed by atoms with Crippen LogP contribution in [0.2, 0.25) is 0 Å². The quantitative estimate of drug-likeness (QED) is 0.581. The maximum atomic E-state index is 11.7. The van der Waals surface area contributed by atoms with Crippen molar-refractivity contribution >= 4 is 11.7 Å². The van der Waals surface area contributed by atoms with Crippen LogP contribution in [0.4, 0.5) is 0 Å². The number of hydrogen-bond donors (Lipinski definition) is 1. The second-order valence-corrected chi connectivity index (χ2v) is 4.58. The molecule has 1 unspecified atom stereocenters. The number of amidine groups is 1. The summed E-state index contributed by atoms with van der Waals surface area (Å²) in [5.74, 6) is 1.42. The maximum Gasteiger partial charge on any atom is 0.222 e. The van der Waals surface area contributed by atoms with E-state index in [0.717, 1.165) is 38.9 Å². The molecule has 1 heterocycles. The van der Waals surface area contributed by atoms with Gasteiger partial charge in [0.15, 0.2) is 0 Å². The van der Waals surface area contributed by atoms with Crippen LogP contribution in [-0.2, 0) is 4.79 Å². The van der Waals surface area contributed by atoms with E-state index >= 15 is 0 Å². The van der Waals surface area contributed by atoms with E-state index in [1.54, 1.807) is 0 Å². The average molecular weight is 225 g/mol. The van der Waals surface area contributed by atoms with Gasteiger partial charge in [-0.15, -0.1) is 0 Å². The van der Waals surface area contributed by atoms with E-state index in [2.05, 4.69) is 4.99 Å². The number of hydrogen-bond acceptors (Lipinski definition) is 2. The number of amides is 1. The van der Waals surface area contributed by atoms with E-state index < -0.39 is 0 Å². The van der Waals surface area contributed by atoms with Crippen LogP contribution in [0.5, 0.6) is 0 Å². The van der Waals surface area contributed by atoms with Gasteiger partial charge in [-0.25, -0.2) is 0 Å². The Labute approximate surface area is 97.9 Å². The molecule has 0 bridgehead atoms. The molecule has 0 aromatic carbocycles. The predicted octanol–water partition coefficient (Wildman–Crippen LogP) is 1.40. The van der Waals surface area contributed by atoms with Crippen molar-refractivity contribution in [2.75, 3.05) is 19.6 Å². The van der Waals surface area contributed by atoms with Crippen LogP contribution in [0.1, 0.15) is 39.5 Å². The van der Waals surface area contributed by atoms with E-state index in [1.807, 2.05) is 18.7 Å². The molecule has 4 nitrogen and oxygen atoms in total. The van der Waals surface area contributed by atoms with Gasteiger partial charge in [0, 0.05) is 26.1 Å². The monoisotopic (exact) mass is 225 g/mol. The molecule has 0 aliphatic carbocycles. The van der Waals surface area contributed by atoms with Crippen LogP contribution in [0.15, 0.2) is 4.99 Å². The highest BCUT2D eigenvalue weighted by molar-refractivity contribution is 5.77. The fourth-order valence-electron chi connectivity index (χ4n) is 2.09. The predicted molar refractivity (Wildman–Crippen MR) is 66.4 cm³/mol. The van der Waals surface area contributed by atoms with Gasteiger partial charge < -0.3 is 10.6 Å². The number of nitrogens with two attached hydrogens (primary N) is 1. The van der Waals surface area contributed by atoms with Crippen molar-refractivity contribution in [1.82, 2.24) is 4.90 Å². The molecule has 0 radical (unpaired) electrons. The molecule has 1 amide bonds. The van der Waals surface area contributed by atoms with Crippen molar-refractivity contribution < 1.29 is 4.79 Å². The minimum Gasteiger partial charge on any atom is -0.388 e. The molecular formula is C12H23N3O. The molecule has 0 aromatic heterocycles. The van der Waals surface area contributed by atoms with Gasteiger partial charge in [0.1, 0.15) is 0 Å². The van der Waals surface area contributed by atoms with Crippen LogP contribution < -0.4 is 5.73 Å². The fraction of sp³-hybridized carbons (Fsp3) is 0.833. The lowest BCUT2D eigenvalue weighted by atomic mass is 9.98. The zero-order chi connectivity index (χ0) is 12.0. The summed E-state index contributed by atoms with van der Waals surface area (Å²) in [4.78, 5) is 18.0. The minimum absolute atomic E-state index is 0.292. The van der Waals surface area contributed by atoms with Crippen molar-refractivity contribution in [3.05, 3.63) is 0 Å². The molecule has 0 saturated carbocycles. The largest absolute Gasteiger partial charge is 0.388 e. The zero-order valence-electron chi connectivity index (χ0n) is 10.4. The molecule has 1 aliphatic heterocycles. The van der Waals surface area contributed by atoms with Crippen molar-refractivity contribution in [1.29, 1.82) is 0 Å². The third kappa shape index (κ3) is 4.21. The summed E-state index contributed by atoms with van der Waals surface area (Å²) in [5.41, 5.74) is 5.52. The molecule has 0 aromatic rings. The smallest absolute Gasteiger partial charge is 0.222 e. The summed E-state index contributed by atoms with van der Waals surface area (Å²) >= 11 is 0. The summed E-state index contributed by atoms with van der Waals surface area (Å²) in [5, 5.41) is 0. The Hall–Kier alpha value is -1.06. The second kappa shape index (κ2) is 6.51. The molecule has 1 saturated heterocycles. The first-order chi connectivity index (χ1) is 7.63. The number of rotatable bonds is 4. The standard InChI is InChI=1S/C12H23N3O/c1-3-5-12(16)15-7-4-6-11(9-15)8-14-10(2)13/h11H,3-9H2,1-2H3,(H2,13,14). The fourth-order valence-corrected chi connectivity index (χ4v) is 2.09. The van der Waals surface area contributed by atoms with E-state index in [1.165, 1.54) is 0 Å². The van der Waals surface area contributed by atoms with Gasteiger partial charge in [0.05, 0.1) is 5.84 Å². The van der Waals surface area contributed by atoms with E-state index in [-0.39, 0.29) is 0 Å². The third-order valence-electron chi connectivity index (χ3n) is 2.93. The molecular weight excluding hydrogens is 202 g/mol. The summed E-state index contributed by atoms with van der Waals surface area (Å²) < 4.78 is 0. The highest BCUT2D eigenvalue weighted by Crippen LogP contribution is 2.17. The van der Waals surface area contributed by atoms with Gasteiger partial charge in [-0.05, 0) is 32.1 Å². The van der Waals surface area contributed by atoms with Crippen LogP contribution in [0.3, 0.4) is 0 Å². The number of likely N-dealkylation sites (tertiary alicyclic amines) is 1. The van der Waals surface area contributed by atoms with Gasteiger partial charge in [-0.2, -0.15) is 0 Å². The number of aliphatic imine (C=N–C) groups is 1. The Morgan fingerprint density at radius 3 is 2.94 bits per heavy atom. The van der Waals surface area contributed by atoms with Gasteiger partial charge in [0.2, 0.25) is 5.91 Å². The molecule has 1 aliphatic rings. The first-order valence-corrected chi connectivity index (χ1v) is 6.17. The molecule has 4 heteroatoms. The molecule has 92 valence electrons. The Bertz CT molecular complexity index is 259. The highest BCUT2D eigenvalue weighted by atomic mass is 16.2. The van der Waals surface area contributed by atoms with Crippen LogP contribution in [-0.4, -0.2) is 36.3 Å². The number of carbonyl (C=O) groups is 1. The first kappa shape index (κ1) is 13.0. The summed E-state index contributed by atoms with van der Waals surface area (Å²) in [6, 6.07) is 0. The van der Waals surface area contributed by atoms with E-state index in [9.17, 15) is 4.79 Å². The van der Waals surface area contributed by atoms with Crippen LogP contribution in [0, 0.1) is 5.92 Å². The lowest BCUT2D eigenvalue weighted by Crippen LogP contribution is -2.40. The Morgan fingerprint density at radius 2 is 2.31 bits per heavy atom. The highest BCUT2D eigenvalue weighted by Gasteiger charge is 2.22. The molecule has 1 fully saturated rings. The van der Waals surface area contributed by atoms with Crippen LogP contribution >= 0.6 is 0 Å². The number of piperidine rings is 1. The van der Waals surface area contributed by atoms with Gasteiger partial charge >= 0.3 is 0 Å². The molecule has 2 N–H and O–H groups in total.